The molecule has 1 aromatic heterocycles. The number of hydrogen-bond donors (Lipinski definition) is 1. The van der Waals surface area contributed by atoms with E-state index in [2.05, 4.69) is 36.5 Å². The van der Waals surface area contributed by atoms with E-state index >= 15 is 0 Å². The first-order chi connectivity index (χ1) is 10.3. The average molecular weight is 287 g/mol. The summed E-state index contributed by atoms with van der Waals surface area (Å²) in [5.41, 5.74) is 2.41. The zero-order valence-electron chi connectivity index (χ0n) is 13.0. The average Bonchev–Trinajstić information content (AvgIpc) is 2.87. The van der Waals surface area contributed by atoms with Gasteiger partial charge in [0.25, 0.3) is 0 Å². The summed E-state index contributed by atoms with van der Waals surface area (Å²) in [5.74, 6) is 0.614. The Labute approximate surface area is 126 Å². The van der Waals surface area contributed by atoms with E-state index in [4.69, 9.17) is 9.84 Å². The van der Waals surface area contributed by atoms with Crippen LogP contribution < -0.4 is 5.32 Å². The third-order valence-corrected chi connectivity index (χ3v) is 4.43. The normalized spacial score (nSPS) is 18.2. The van der Waals surface area contributed by atoms with Crippen LogP contribution in [0.1, 0.15) is 37.9 Å². The first-order valence-electron chi connectivity index (χ1n) is 8.04. The molecule has 3 rings (SSSR count). The largest absolute Gasteiger partial charge is 0.381 e. The standard InChI is InChI=1S/C17H25N3O/c1-3-10-18-16(13-8-11-21-12-9-13)17-14-6-4-5-7-15(14)20(2)19-17/h4-7,13,16,18H,3,8-12H2,1-2H3. The first-order valence-corrected chi connectivity index (χ1v) is 8.04. The van der Waals surface area contributed by atoms with Crippen LogP contribution in [0.15, 0.2) is 24.3 Å². The van der Waals surface area contributed by atoms with Crippen LogP contribution in [0.25, 0.3) is 10.9 Å². The van der Waals surface area contributed by atoms with Gasteiger partial charge < -0.3 is 10.1 Å². The van der Waals surface area contributed by atoms with E-state index in [9.17, 15) is 0 Å². The highest BCUT2D eigenvalue weighted by atomic mass is 16.5. The molecule has 0 aliphatic carbocycles. The Hall–Kier alpha value is -1.39. The Morgan fingerprint density at radius 3 is 2.86 bits per heavy atom. The molecule has 1 unspecified atom stereocenters. The third-order valence-electron chi connectivity index (χ3n) is 4.43. The summed E-state index contributed by atoms with van der Waals surface area (Å²) >= 11 is 0. The molecule has 1 N–H and O–H groups in total. The number of hydrogen-bond acceptors (Lipinski definition) is 3. The lowest BCUT2D eigenvalue weighted by atomic mass is 9.88. The Balaban J connectivity index is 1.96. The van der Waals surface area contributed by atoms with Crippen LogP contribution >= 0.6 is 0 Å². The Morgan fingerprint density at radius 2 is 2.10 bits per heavy atom. The zero-order chi connectivity index (χ0) is 14.7. The summed E-state index contributed by atoms with van der Waals surface area (Å²) in [6.45, 7) is 5.00. The SMILES string of the molecule is CCCNC(c1nn(C)c2ccccc12)C1CCOCC1. The molecular weight excluding hydrogens is 262 g/mol. The lowest BCUT2D eigenvalue weighted by Crippen LogP contribution is -2.33. The molecule has 0 spiro atoms. The molecule has 114 valence electrons. The van der Waals surface area contributed by atoms with Crippen molar-refractivity contribution in [3.8, 4) is 0 Å². The predicted molar refractivity (Wildman–Crippen MR) is 85.3 cm³/mol. The fourth-order valence-electron chi connectivity index (χ4n) is 3.31. The lowest BCUT2D eigenvalue weighted by molar-refractivity contribution is 0.0532. The van der Waals surface area contributed by atoms with E-state index in [-0.39, 0.29) is 0 Å². The van der Waals surface area contributed by atoms with Crippen molar-refractivity contribution in [2.75, 3.05) is 19.8 Å². The molecule has 4 heteroatoms. The van der Waals surface area contributed by atoms with Gasteiger partial charge in [0.05, 0.1) is 17.3 Å². The van der Waals surface area contributed by atoms with Crippen LogP contribution in [0.3, 0.4) is 0 Å². The topological polar surface area (TPSA) is 39.1 Å². The number of para-hydroxylation sites is 1. The van der Waals surface area contributed by atoms with Crippen LogP contribution in [0, 0.1) is 5.92 Å². The number of aryl methyl sites for hydroxylation is 1. The Kier molecular flexibility index (Phi) is 4.56. The number of aromatic nitrogens is 2. The summed E-state index contributed by atoms with van der Waals surface area (Å²) < 4.78 is 7.53. The van der Waals surface area contributed by atoms with E-state index < -0.39 is 0 Å². The molecule has 1 fully saturated rings. The van der Waals surface area contributed by atoms with Crippen molar-refractivity contribution in [1.82, 2.24) is 15.1 Å². The second-order valence-electron chi connectivity index (χ2n) is 5.91. The van der Waals surface area contributed by atoms with Gasteiger partial charge in [-0.3, -0.25) is 4.68 Å². The molecule has 0 radical (unpaired) electrons. The van der Waals surface area contributed by atoms with Gasteiger partial charge in [-0.25, -0.2) is 0 Å². The molecule has 1 aromatic carbocycles. The van der Waals surface area contributed by atoms with Crippen molar-refractivity contribution < 1.29 is 4.74 Å². The summed E-state index contributed by atoms with van der Waals surface area (Å²) in [5, 5.41) is 9.84. The number of benzene rings is 1. The quantitative estimate of drug-likeness (QED) is 0.918. The second-order valence-corrected chi connectivity index (χ2v) is 5.91. The van der Waals surface area contributed by atoms with E-state index in [0.29, 0.717) is 12.0 Å². The molecule has 1 aliphatic rings. The minimum Gasteiger partial charge on any atom is -0.381 e. The maximum atomic E-state index is 5.53. The van der Waals surface area contributed by atoms with Gasteiger partial charge in [0.2, 0.25) is 0 Å². The van der Waals surface area contributed by atoms with Crippen molar-refractivity contribution in [2.24, 2.45) is 13.0 Å². The van der Waals surface area contributed by atoms with Gasteiger partial charge in [0.15, 0.2) is 0 Å². The number of nitrogens with zero attached hydrogens (tertiary/aromatic N) is 2. The van der Waals surface area contributed by atoms with Gasteiger partial charge in [0.1, 0.15) is 0 Å². The molecule has 4 nitrogen and oxygen atoms in total. The summed E-state index contributed by atoms with van der Waals surface area (Å²) in [7, 11) is 2.03. The van der Waals surface area contributed by atoms with Gasteiger partial charge in [-0.2, -0.15) is 5.10 Å². The fraction of sp³-hybridized carbons (Fsp3) is 0.588. The van der Waals surface area contributed by atoms with Crippen molar-refractivity contribution in [3.63, 3.8) is 0 Å². The number of nitrogens with one attached hydrogen (secondary N) is 1. The van der Waals surface area contributed by atoms with Crippen LogP contribution in [-0.2, 0) is 11.8 Å². The highest BCUT2D eigenvalue weighted by Gasteiger charge is 2.28. The Bertz CT molecular complexity index is 587. The number of rotatable bonds is 5. The van der Waals surface area contributed by atoms with E-state index in [1.807, 2.05) is 11.7 Å². The van der Waals surface area contributed by atoms with Crippen molar-refractivity contribution >= 4 is 10.9 Å². The summed E-state index contributed by atoms with van der Waals surface area (Å²) in [6.07, 6.45) is 3.38. The fourth-order valence-corrected chi connectivity index (χ4v) is 3.31. The smallest absolute Gasteiger partial charge is 0.0875 e. The molecule has 2 aromatic rings. The van der Waals surface area contributed by atoms with Gasteiger partial charge in [-0.05, 0) is 37.8 Å². The monoisotopic (exact) mass is 287 g/mol. The number of fused-ring (bicyclic) bond motifs is 1. The minimum absolute atomic E-state index is 0.333. The Morgan fingerprint density at radius 1 is 1.33 bits per heavy atom. The van der Waals surface area contributed by atoms with E-state index in [1.165, 1.54) is 16.6 Å². The van der Waals surface area contributed by atoms with E-state index in [1.54, 1.807) is 0 Å². The highest BCUT2D eigenvalue weighted by molar-refractivity contribution is 5.82. The molecule has 0 saturated carbocycles. The van der Waals surface area contributed by atoms with Crippen LogP contribution in [0.5, 0.6) is 0 Å². The second kappa shape index (κ2) is 6.58. The molecule has 21 heavy (non-hydrogen) atoms. The first kappa shape index (κ1) is 14.5. The van der Waals surface area contributed by atoms with Crippen molar-refractivity contribution in [2.45, 2.75) is 32.2 Å². The van der Waals surface area contributed by atoms with Crippen LogP contribution in [-0.4, -0.2) is 29.5 Å². The summed E-state index contributed by atoms with van der Waals surface area (Å²) in [6, 6.07) is 8.86. The molecule has 1 saturated heterocycles. The molecule has 0 bridgehead atoms. The molecule has 1 atom stereocenters. The molecular formula is C17H25N3O. The molecule has 2 heterocycles. The molecule has 0 amide bonds. The van der Waals surface area contributed by atoms with Gasteiger partial charge >= 0.3 is 0 Å². The van der Waals surface area contributed by atoms with Crippen molar-refractivity contribution in [1.29, 1.82) is 0 Å². The van der Waals surface area contributed by atoms with Crippen LogP contribution in [0.2, 0.25) is 0 Å². The minimum atomic E-state index is 0.333. The zero-order valence-corrected chi connectivity index (χ0v) is 13.0. The molecule has 1 aliphatic heterocycles. The van der Waals surface area contributed by atoms with Crippen LogP contribution in [0.4, 0.5) is 0 Å². The van der Waals surface area contributed by atoms with Crippen molar-refractivity contribution in [3.05, 3.63) is 30.0 Å². The maximum absolute atomic E-state index is 5.53. The number of ether oxygens (including phenoxy) is 1. The van der Waals surface area contributed by atoms with E-state index in [0.717, 1.165) is 39.0 Å². The highest BCUT2D eigenvalue weighted by Crippen LogP contribution is 2.33. The third kappa shape index (κ3) is 2.97. The predicted octanol–water partition coefficient (Wildman–Crippen LogP) is 3.04. The van der Waals surface area contributed by atoms with Gasteiger partial charge in [-0.1, -0.05) is 25.1 Å². The maximum Gasteiger partial charge on any atom is 0.0875 e. The summed E-state index contributed by atoms with van der Waals surface area (Å²) in [4.78, 5) is 0. The van der Waals surface area contributed by atoms with Gasteiger partial charge in [0, 0.05) is 25.6 Å². The van der Waals surface area contributed by atoms with Gasteiger partial charge in [-0.15, -0.1) is 0 Å². The lowest BCUT2D eigenvalue weighted by Gasteiger charge is -2.30.